The first kappa shape index (κ1) is 18.7. The molecule has 152 valence electrons. The van der Waals surface area contributed by atoms with Crippen LogP contribution in [0.5, 0.6) is 0 Å². The zero-order chi connectivity index (χ0) is 20.8. The molecule has 0 aliphatic heterocycles. The molecule has 8 nitrogen and oxygen atoms in total. The monoisotopic (exact) mass is 423 g/mol. The third kappa shape index (κ3) is 3.43. The molecule has 0 radical (unpaired) electrons. The van der Waals surface area contributed by atoms with Gasteiger partial charge in [0.05, 0.1) is 26.8 Å². The van der Waals surface area contributed by atoms with E-state index in [-0.39, 0.29) is 11.6 Å². The normalized spacial score (nSPS) is 13.9. The van der Waals surface area contributed by atoms with Gasteiger partial charge in [0.2, 0.25) is 5.82 Å². The second kappa shape index (κ2) is 7.21. The molecule has 30 heavy (non-hydrogen) atoms. The summed E-state index contributed by atoms with van der Waals surface area (Å²) in [5.41, 5.74) is 1.07. The number of nitrogens with zero attached hydrogens (tertiary/aromatic N) is 6. The lowest BCUT2D eigenvalue weighted by atomic mass is 10.2. The lowest BCUT2D eigenvalue weighted by molar-refractivity contribution is 0.102. The number of benzene rings is 1. The number of thiazole rings is 1. The molecule has 1 aliphatic rings. The summed E-state index contributed by atoms with van der Waals surface area (Å²) >= 11 is 1.52. The molecule has 0 saturated heterocycles. The number of nitrogens with one attached hydrogen (secondary N) is 1. The maximum Gasteiger partial charge on any atom is 0.259 e. The average molecular weight is 423 g/mol. The van der Waals surface area contributed by atoms with E-state index >= 15 is 0 Å². The van der Waals surface area contributed by atoms with Crippen LogP contribution in [0.4, 0.5) is 10.2 Å². The van der Waals surface area contributed by atoms with Gasteiger partial charge in [0.15, 0.2) is 0 Å². The summed E-state index contributed by atoms with van der Waals surface area (Å²) < 4.78 is 17.0. The molecule has 4 aromatic rings. The number of hydrogen-bond donors (Lipinski definition) is 1. The molecule has 1 N–H and O–H groups in total. The van der Waals surface area contributed by atoms with Gasteiger partial charge in [0, 0.05) is 12.0 Å². The average Bonchev–Trinajstić information content (AvgIpc) is 3.29. The number of anilines is 1. The van der Waals surface area contributed by atoms with Crippen LogP contribution in [0, 0.1) is 5.82 Å². The zero-order valence-corrected chi connectivity index (χ0v) is 17.1. The topological polar surface area (TPSA) is 98.5 Å². The molecule has 0 spiro atoms. The molecular weight excluding hydrogens is 405 g/mol. The van der Waals surface area contributed by atoms with Crippen molar-refractivity contribution in [1.29, 1.82) is 0 Å². The maximum absolute atomic E-state index is 14.6. The Bertz CT molecular complexity index is 1260. The standard InChI is InChI=1S/C20H18FN7OS/c1-10(2)28-18(25-26-27-28)14-4-3-5-17(22-14)24-19(29)12-8-16-15(9-13(12)21)23-20(30-16)11-6-7-11/h3-5,8-11H,6-7H2,1-2H3,(H,22,24,29). The van der Waals surface area contributed by atoms with Crippen LogP contribution in [0.1, 0.15) is 54.0 Å². The van der Waals surface area contributed by atoms with Gasteiger partial charge in [-0.1, -0.05) is 6.07 Å². The number of tetrazole rings is 1. The molecule has 1 amide bonds. The molecule has 1 aliphatic carbocycles. The summed E-state index contributed by atoms with van der Waals surface area (Å²) in [6.45, 7) is 3.91. The number of rotatable bonds is 5. The number of carbonyl (C=O) groups excluding carboxylic acids is 1. The molecule has 1 fully saturated rings. The number of amides is 1. The zero-order valence-electron chi connectivity index (χ0n) is 16.3. The number of fused-ring (bicyclic) bond motifs is 1. The fourth-order valence-electron chi connectivity index (χ4n) is 3.17. The van der Waals surface area contributed by atoms with E-state index in [9.17, 15) is 9.18 Å². The van der Waals surface area contributed by atoms with Crippen molar-refractivity contribution < 1.29 is 9.18 Å². The second-order valence-corrected chi connectivity index (χ2v) is 8.59. The first-order valence-corrected chi connectivity index (χ1v) is 10.5. The van der Waals surface area contributed by atoms with E-state index in [1.807, 2.05) is 13.8 Å². The molecule has 0 bridgehead atoms. The Morgan fingerprint density at radius 2 is 2.10 bits per heavy atom. The van der Waals surface area contributed by atoms with Gasteiger partial charge in [-0.05, 0) is 55.3 Å². The summed E-state index contributed by atoms with van der Waals surface area (Å²) in [7, 11) is 0. The van der Waals surface area contributed by atoms with Crippen LogP contribution < -0.4 is 5.32 Å². The van der Waals surface area contributed by atoms with Crippen LogP contribution in [0.3, 0.4) is 0 Å². The minimum absolute atomic E-state index is 0.0345. The highest BCUT2D eigenvalue weighted by molar-refractivity contribution is 7.18. The Balaban J connectivity index is 1.42. The van der Waals surface area contributed by atoms with Crippen molar-refractivity contribution in [2.24, 2.45) is 0 Å². The van der Waals surface area contributed by atoms with Crippen LogP contribution in [0.2, 0.25) is 0 Å². The van der Waals surface area contributed by atoms with E-state index in [4.69, 9.17) is 0 Å². The number of aromatic nitrogens is 6. The van der Waals surface area contributed by atoms with E-state index in [1.54, 1.807) is 28.9 Å². The van der Waals surface area contributed by atoms with Gasteiger partial charge < -0.3 is 5.32 Å². The third-order valence-corrected chi connectivity index (χ3v) is 6.05. The van der Waals surface area contributed by atoms with Crippen LogP contribution in [-0.2, 0) is 0 Å². The molecule has 0 unspecified atom stereocenters. The minimum Gasteiger partial charge on any atom is -0.306 e. The maximum atomic E-state index is 14.6. The highest BCUT2D eigenvalue weighted by atomic mass is 32.1. The Morgan fingerprint density at radius 3 is 2.87 bits per heavy atom. The van der Waals surface area contributed by atoms with E-state index < -0.39 is 11.7 Å². The van der Waals surface area contributed by atoms with Gasteiger partial charge in [-0.3, -0.25) is 4.79 Å². The van der Waals surface area contributed by atoms with Crippen LogP contribution >= 0.6 is 11.3 Å². The summed E-state index contributed by atoms with van der Waals surface area (Å²) in [5.74, 6) is 0.0951. The molecular formula is C20H18FN7OS. The van der Waals surface area contributed by atoms with Gasteiger partial charge in [0.25, 0.3) is 5.91 Å². The minimum atomic E-state index is -0.604. The third-order valence-electron chi connectivity index (χ3n) is 4.87. The van der Waals surface area contributed by atoms with Gasteiger partial charge in [-0.15, -0.1) is 16.4 Å². The number of pyridine rings is 1. The van der Waals surface area contributed by atoms with Gasteiger partial charge >= 0.3 is 0 Å². The lowest BCUT2D eigenvalue weighted by Gasteiger charge is -2.09. The smallest absolute Gasteiger partial charge is 0.259 e. The van der Waals surface area contributed by atoms with Crippen molar-refractivity contribution in [3.63, 3.8) is 0 Å². The Morgan fingerprint density at radius 1 is 1.27 bits per heavy atom. The highest BCUT2D eigenvalue weighted by Crippen LogP contribution is 2.43. The van der Waals surface area contributed by atoms with Crippen molar-refractivity contribution in [2.45, 2.75) is 38.6 Å². The molecule has 3 heterocycles. The number of halogens is 1. The second-order valence-electron chi connectivity index (χ2n) is 7.53. The van der Waals surface area contributed by atoms with Gasteiger partial charge in [0.1, 0.15) is 17.3 Å². The first-order valence-electron chi connectivity index (χ1n) is 9.66. The summed E-state index contributed by atoms with van der Waals surface area (Å²) in [4.78, 5) is 21.7. The predicted octanol–water partition coefficient (Wildman–Crippen LogP) is 4.19. The Hall–Kier alpha value is -3.27. The van der Waals surface area contributed by atoms with Crippen molar-refractivity contribution in [3.8, 4) is 11.5 Å². The molecule has 3 aromatic heterocycles. The summed E-state index contributed by atoms with van der Waals surface area (Å²) in [6, 6.07) is 8.07. The van der Waals surface area contributed by atoms with Gasteiger partial charge in [-0.2, -0.15) is 0 Å². The molecule has 1 saturated carbocycles. The number of carbonyl (C=O) groups is 1. The highest BCUT2D eigenvalue weighted by Gasteiger charge is 2.27. The summed E-state index contributed by atoms with van der Waals surface area (Å²) in [5, 5.41) is 15.4. The van der Waals surface area contributed by atoms with Crippen molar-refractivity contribution in [2.75, 3.05) is 5.32 Å². The fraction of sp³-hybridized carbons (Fsp3) is 0.300. The Labute approximate surface area is 175 Å². The molecule has 10 heteroatoms. The Kier molecular flexibility index (Phi) is 4.50. The predicted molar refractivity (Wildman–Crippen MR) is 111 cm³/mol. The van der Waals surface area contributed by atoms with E-state index in [0.717, 1.165) is 22.5 Å². The quantitative estimate of drug-likeness (QED) is 0.517. The van der Waals surface area contributed by atoms with Crippen LogP contribution in [-0.4, -0.2) is 36.1 Å². The molecule has 1 aromatic carbocycles. The van der Waals surface area contributed by atoms with E-state index in [2.05, 4.69) is 30.8 Å². The van der Waals surface area contributed by atoms with Crippen molar-refractivity contribution >= 4 is 33.3 Å². The lowest BCUT2D eigenvalue weighted by Crippen LogP contribution is -2.15. The van der Waals surface area contributed by atoms with Crippen LogP contribution in [0.15, 0.2) is 30.3 Å². The molecule has 0 atom stereocenters. The largest absolute Gasteiger partial charge is 0.306 e. The fourth-order valence-corrected chi connectivity index (χ4v) is 4.33. The van der Waals surface area contributed by atoms with E-state index in [0.29, 0.717) is 28.8 Å². The van der Waals surface area contributed by atoms with Crippen molar-refractivity contribution in [1.82, 2.24) is 30.2 Å². The summed E-state index contributed by atoms with van der Waals surface area (Å²) in [6.07, 6.45) is 2.25. The van der Waals surface area contributed by atoms with E-state index in [1.165, 1.54) is 17.4 Å². The first-order chi connectivity index (χ1) is 14.5. The number of hydrogen-bond acceptors (Lipinski definition) is 7. The SMILES string of the molecule is CC(C)n1nnnc1-c1cccc(NC(=O)c2cc3sc(C4CC4)nc3cc2F)n1. The van der Waals surface area contributed by atoms with Crippen LogP contribution in [0.25, 0.3) is 21.7 Å². The molecule has 5 rings (SSSR count). The van der Waals surface area contributed by atoms with Gasteiger partial charge in [-0.25, -0.2) is 19.0 Å². The van der Waals surface area contributed by atoms with Crippen molar-refractivity contribution in [3.05, 3.63) is 46.7 Å².